The monoisotopic (exact) mass is 288 g/mol. The van der Waals surface area contributed by atoms with Crippen molar-refractivity contribution >= 4 is 11.8 Å². The Morgan fingerprint density at radius 3 is 2.67 bits per heavy atom. The molecule has 4 heteroatoms. The predicted molar refractivity (Wildman–Crippen MR) is 82.7 cm³/mol. The van der Waals surface area contributed by atoms with Gasteiger partial charge < -0.3 is 9.80 Å². The van der Waals surface area contributed by atoms with Crippen LogP contribution < -0.4 is 0 Å². The maximum absolute atomic E-state index is 12.3. The molecule has 0 aliphatic carbocycles. The van der Waals surface area contributed by atoms with E-state index in [9.17, 15) is 9.59 Å². The van der Waals surface area contributed by atoms with Crippen LogP contribution in [-0.4, -0.2) is 41.8 Å². The quantitative estimate of drug-likeness (QED) is 0.780. The lowest BCUT2D eigenvalue weighted by molar-refractivity contribution is -0.140. The highest BCUT2D eigenvalue weighted by Gasteiger charge is 2.23. The Hall–Kier alpha value is -1.84. The number of nitrogens with zero attached hydrogens (tertiary/aromatic N) is 2. The topological polar surface area (TPSA) is 40.6 Å². The van der Waals surface area contributed by atoms with Gasteiger partial charge in [-0.15, -0.1) is 0 Å². The molecular weight excluding hydrogens is 264 g/mol. The van der Waals surface area contributed by atoms with Gasteiger partial charge in [0.05, 0.1) is 0 Å². The normalized spacial score (nSPS) is 13.7. The van der Waals surface area contributed by atoms with Crippen LogP contribution in [-0.2, 0) is 22.6 Å². The average molecular weight is 288 g/mol. The summed E-state index contributed by atoms with van der Waals surface area (Å²) in [4.78, 5) is 27.8. The second kappa shape index (κ2) is 7.25. The number of fused-ring (bicyclic) bond motifs is 1. The first-order chi connectivity index (χ1) is 10.1. The van der Waals surface area contributed by atoms with Gasteiger partial charge in [-0.05, 0) is 24.0 Å². The van der Waals surface area contributed by atoms with E-state index in [0.29, 0.717) is 13.1 Å². The van der Waals surface area contributed by atoms with Crippen LogP contribution >= 0.6 is 0 Å². The molecule has 0 unspecified atom stereocenters. The van der Waals surface area contributed by atoms with Crippen LogP contribution in [0.3, 0.4) is 0 Å². The number of benzene rings is 1. The fourth-order valence-corrected chi connectivity index (χ4v) is 2.60. The summed E-state index contributed by atoms with van der Waals surface area (Å²) in [5.41, 5.74) is 2.51. The molecule has 1 aliphatic rings. The van der Waals surface area contributed by atoms with Crippen LogP contribution in [0.1, 0.15) is 37.3 Å². The van der Waals surface area contributed by atoms with E-state index >= 15 is 0 Å². The fraction of sp³-hybridized carbons (Fsp3) is 0.529. The molecule has 0 saturated carbocycles. The summed E-state index contributed by atoms with van der Waals surface area (Å²) in [6.07, 6.45) is 2.89. The first-order valence-electron chi connectivity index (χ1n) is 7.70. The summed E-state index contributed by atoms with van der Waals surface area (Å²) < 4.78 is 0. The Kier molecular flexibility index (Phi) is 5.37. The summed E-state index contributed by atoms with van der Waals surface area (Å²) in [5, 5.41) is 0. The third-order valence-corrected chi connectivity index (χ3v) is 4.06. The molecule has 1 heterocycles. The zero-order valence-corrected chi connectivity index (χ0v) is 13.0. The molecule has 0 radical (unpaired) electrons. The van der Waals surface area contributed by atoms with E-state index in [2.05, 4.69) is 19.1 Å². The summed E-state index contributed by atoms with van der Waals surface area (Å²) >= 11 is 0. The van der Waals surface area contributed by atoms with Gasteiger partial charge in [-0.25, -0.2) is 0 Å². The van der Waals surface area contributed by atoms with Crippen molar-refractivity contribution in [3.05, 3.63) is 35.4 Å². The van der Waals surface area contributed by atoms with Crippen LogP contribution in [0.5, 0.6) is 0 Å². The molecule has 2 rings (SSSR count). The number of unbranched alkanes of at least 4 members (excludes halogenated alkanes) is 1. The van der Waals surface area contributed by atoms with Gasteiger partial charge >= 0.3 is 0 Å². The highest BCUT2D eigenvalue weighted by Crippen LogP contribution is 2.19. The molecule has 0 spiro atoms. The number of hydrogen-bond acceptors (Lipinski definition) is 2. The Morgan fingerprint density at radius 2 is 1.95 bits per heavy atom. The molecule has 0 bridgehead atoms. The van der Waals surface area contributed by atoms with Gasteiger partial charge in [0.2, 0.25) is 11.8 Å². The van der Waals surface area contributed by atoms with Gasteiger partial charge in [0, 0.05) is 26.7 Å². The van der Waals surface area contributed by atoms with Gasteiger partial charge in [0.25, 0.3) is 0 Å². The van der Waals surface area contributed by atoms with Crippen LogP contribution in [0.15, 0.2) is 24.3 Å². The first-order valence-corrected chi connectivity index (χ1v) is 7.70. The molecular formula is C17H24N2O2. The highest BCUT2D eigenvalue weighted by molar-refractivity contribution is 5.96. The van der Waals surface area contributed by atoms with E-state index in [0.717, 1.165) is 25.8 Å². The van der Waals surface area contributed by atoms with Crippen molar-refractivity contribution in [2.24, 2.45) is 0 Å². The fourth-order valence-electron chi connectivity index (χ4n) is 2.60. The molecule has 0 N–H and O–H groups in total. The summed E-state index contributed by atoms with van der Waals surface area (Å²) in [7, 11) is 1.77. The second-order valence-corrected chi connectivity index (χ2v) is 5.68. The third-order valence-electron chi connectivity index (χ3n) is 4.06. The van der Waals surface area contributed by atoms with E-state index in [1.807, 2.05) is 12.1 Å². The lowest BCUT2D eigenvalue weighted by Gasteiger charge is -2.29. The minimum Gasteiger partial charge on any atom is -0.345 e. The van der Waals surface area contributed by atoms with Crippen molar-refractivity contribution in [2.45, 2.75) is 39.2 Å². The van der Waals surface area contributed by atoms with Gasteiger partial charge in [-0.1, -0.05) is 37.6 Å². The minimum absolute atomic E-state index is 0.0115. The van der Waals surface area contributed by atoms with Crippen molar-refractivity contribution < 1.29 is 9.59 Å². The lowest BCUT2D eigenvalue weighted by Crippen LogP contribution is -2.39. The molecule has 1 aromatic rings. The lowest BCUT2D eigenvalue weighted by atomic mass is 10.00. The average Bonchev–Trinajstić information content (AvgIpc) is 2.51. The molecule has 1 aromatic carbocycles. The maximum Gasteiger partial charge on any atom is 0.232 e. The summed E-state index contributed by atoms with van der Waals surface area (Å²) in [6.45, 7) is 4.16. The molecule has 0 fully saturated rings. The number of hydrogen-bond donors (Lipinski definition) is 0. The number of rotatable bonds is 5. The molecule has 1 aliphatic heterocycles. The SMILES string of the molecule is CCCCN(C)C(=O)CC(=O)N1CCc2ccccc2C1. The van der Waals surface area contributed by atoms with Crippen molar-refractivity contribution in [1.29, 1.82) is 0 Å². The Bertz CT molecular complexity index is 513. The molecule has 21 heavy (non-hydrogen) atoms. The smallest absolute Gasteiger partial charge is 0.232 e. The second-order valence-electron chi connectivity index (χ2n) is 5.68. The van der Waals surface area contributed by atoms with E-state index in [4.69, 9.17) is 0 Å². The van der Waals surface area contributed by atoms with Gasteiger partial charge in [0.1, 0.15) is 6.42 Å². The number of amides is 2. The molecule has 114 valence electrons. The van der Waals surface area contributed by atoms with Crippen molar-refractivity contribution in [2.75, 3.05) is 20.1 Å². The predicted octanol–water partition coefficient (Wildman–Crippen LogP) is 2.22. The molecule has 4 nitrogen and oxygen atoms in total. The molecule has 0 saturated heterocycles. The standard InChI is InChI=1S/C17H24N2O2/c1-3-4-10-18(2)16(20)12-17(21)19-11-9-14-7-5-6-8-15(14)13-19/h5-8H,3-4,9-13H2,1-2H3. The Morgan fingerprint density at radius 1 is 1.24 bits per heavy atom. The number of carbonyl (C=O) groups is 2. The number of carbonyl (C=O) groups excluding carboxylic acids is 2. The highest BCUT2D eigenvalue weighted by atomic mass is 16.2. The summed E-state index contributed by atoms with van der Waals surface area (Å²) in [6, 6.07) is 8.20. The van der Waals surface area contributed by atoms with Gasteiger partial charge in [-0.2, -0.15) is 0 Å². The van der Waals surface area contributed by atoms with Crippen molar-refractivity contribution in [1.82, 2.24) is 9.80 Å². The van der Waals surface area contributed by atoms with Gasteiger partial charge in [0.15, 0.2) is 0 Å². The van der Waals surface area contributed by atoms with Crippen LogP contribution in [0.4, 0.5) is 0 Å². The molecule has 0 atom stereocenters. The van der Waals surface area contributed by atoms with E-state index < -0.39 is 0 Å². The minimum atomic E-state index is -0.0766. The van der Waals surface area contributed by atoms with E-state index in [1.165, 1.54) is 11.1 Å². The van der Waals surface area contributed by atoms with E-state index in [1.54, 1.807) is 16.8 Å². The van der Waals surface area contributed by atoms with Crippen molar-refractivity contribution in [3.63, 3.8) is 0 Å². The first kappa shape index (κ1) is 15.5. The largest absolute Gasteiger partial charge is 0.345 e. The van der Waals surface area contributed by atoms with Crippen LogP contribution in [0, 0.1) is 0 Å². The van der Waals surface area contributed by atoms with Crippen LogP contribution in [0.2, 0.25) is 0 Å². The zero-order chi connectivity index (χ0) is 15.2. The van der Waals surface area contributed by atoms with E-state index in [-0.39, 0.29) is 18.2 Å². The van der Waals surface area contributed by atoms with Crippen molar-refractivity contribution in [3.8, 4) is 0 Å². The van der Waals surface area contributed by atoms with Crippen LogP contribution in [0.25, 0.3) is 0 Å². The summed E-state index contributed by atoms with van der Waals surface area (Å²) in [5.74, 6) is -0.134. The third kappa shape index (κ3) is 4.06. The van der Waals surface area contributed by atoms with Gasteiger partial charge in [-0.3, -0.25) is 9.59 Å². The molecule has 0 aromatic heterocycles. The molecule has 2 amide bonds. The Balaban J connectivity index is 1.89. The Labute approximate surface area is 126 Å². The zero-order valence-electron chi connectivity index (χ0n) is 13.0. The maximum atomic E-state index is 12.3.